The quantitative estimate of drug-likeness (QED) is 0.876. The SMILES string of the molecule is CCc1ccc(C(N)C2CC2c2ccccc2)s1. The van der Waals surface area contributed by atoms with Gasteiger partial charge in [-0.2, -0.15) is 0 Å². The van der Waals surface area contributed by atoms with E-state index in [4.69, 9.17) is 5.73 Å². The summed E-state index contributed by atoms with van der Waals surface area (Å²) in [5.41, 5.74) is 7.86. The number of benzene rings is 1. The fourth-order valence-electron chi connectivity index (χ4n) is 2.67. The Bertz CT molecular complexity index is 517. The monoisotopic (exact) mass is 257 g/mol. The van der Waals surface area contributed by atoms with Crippen LogP contribution in [0.25, 0.3) is 0 Å². The van der Waals surface area contributed by atoms with Crippen LogP contribution in [0.15, 0.2) is 42.5 Å². The van der Waals surface area contributed by atoms with Crippen molar-refractivity contribution < 1.29 is 0 Å². The largest absolute Gasteiger partial charge is 0.323 e. The van der Waals surface area contributed by atoms with E-state index in [1.165, 1.54) is 21.7 Å². The normalized spacial score (nSPS) is 23.9. The molecule has 0 radical (unpaired) electrons. The standard InChI is InChI=1S/C16H19NS/c1-2-12-8-9-15(18-12)16(17)14-10-13(14)11-6-4-3-5-7-11/h3-9,13-14,16H,2,10,17H2,1H3. The molecule has 1 nitrogen and oxygen atoms in total. The zero-order valence-electron chi connectivity index (χ0n) is 10.7. The lowest BCUT2D eigenvalue weighted by atomic mass is 10.1. The molecule has 2 heteroatoms. The van der Waals surface area contributed by atoms with Gasteiger partial charge in [0.05, 0.1) is 0 Å². The van der Waals surface area contributed by atoms with E-state index in [0.717, 1.165) is 6.42 Å². The molecule has 0 saturated heterocycles. The lowest BCUT2D eigenvalue weighted by molar-refractivity contribution is 0.626. The number of aryl methyl sites for hydroxylation is 1. The van der Waals surface area contributed by atoms with E-state index in [0.29, 0.717) is 11.8 Å². The lowest BCUT2D eigenvalue weighted by Crippen LogP contribution is -2.11. The van der Waals surface area contributed by atoms with Crippen LogP contribution < -0.4 is 5.73 Å². The predicted molar refractivity (Wildman–Crippen MR) is 77.9 cm³/mol. The summed E-state index contributed by atoms with van der Waals surface area (Å²) in [6.07, 6.45) is 2.36. The molecule has 3 atom stereocenters. The second-order valence-corrected chi connectivity index (χ2v) is 6.30. The first kappa shape index (κ1) is 11.9. The number of hydrogen-bond donors (Lipinski definition) is 1. The van der Waals surface area contributed by atoms with E-state index in [-0.39, 0.29) is 6.04 Å². The molecular formula is C16H19NS. The molecule has 1 saturated carbocycles. The van der Waals surface area contributed by atoms with E-state index < -0.39 is 0 Å². The maximum Gasteiger partial charge on any atom is 0.0424 e. The van der Waals surface area contributed by atoms with E-state index in [2.05, 4.69) is 49.4 Å². The third-order valence-corrected chi connectivity index (χ3v) is 5.22. The van der Waals surface area contributed by atoms with Crippen molar-refractivity contribution >= 4 is 11.3 Å². The molecule has 1 aliphatic carbocycles. The van der Waals surface area contributed by atoms with E-state index >= 15 is 0 Å². The Morgan fingerprint density at radius 2 is 2.00 bits per heavy atom. The van der Waals surface area contributed by atoms with Crippen molar-refractivity contribution in [3.8, 4) is 0 Å². The van der Waals surface area contributed by atoms with Crippen molar-refractivity contribution in [2.45, 2.75) is 31.7 Å². The highest BCUT2D eigenvalue weighted by Gasteiger charge is 2.43. The molecule has 0 aliphatic heterocycles. The van der Waals surface area contributed by atoms with Gasteiger partial charge in [0, 0.05) is 15.8 Å². The van der Waals surface area contributed by atoms with Gasteiger partial charge in [-0.1, -0.05) is 37.3 Å². The lowest BCUT2D eigenvalue weighted by Gasteiger charge is -2.09. The van der Waals surface area contributed by atoms with Crippen LogP contribution in [-0.2, 0) is 6.42 Å². The molecule has 1 aromatic heterocycles. The first-order chi connectivity index (χ1) is 8.79. The Balaban J connectivity index is 1.70. The molecule has 0 spiro atoms. The minimum absolute atomic E-state index is 0.223. The Morgan fingerprint density at radius 1 is 1.22 bits per heavy atom. The Morgan fingerprint density at radius 3 is 2.67 bits per heavy atom. The smallest absolute Gasteiger partial charge is 0.0424 e. The summed E-state index contributed by atoms with van der Waals surface area (Å²) >= 11 is 1.88. The van der Waals surface area contributed by atoms with E-state index in [1.54, 1.807) is 0 Å². The molecule has 1 heterocycles. The molecule has 1 aromatic carbocycles. The van der Waals surface area contributed by atoms with Gasteiger partial charge < -0.3 is 5.73 Å². The number of nitrogens with two attached hydrogens (primary N) is 1. The minimum atomic E-state index is 0.223. The Hall–Kier alpha value is -1.12. The summed E-state index contributed by atoms with van der Waals surface area (Å²) < 4.78 is 0. The average molecular weight is 257 g/mol. The van der Waals surface area contributed by atoms with Gasteiger partial charge in [-0.3, -0.25) is 0 Å². The minimum Gasteiger partial charge on any atom is -0.323 e. The Kier molecular flexibility index (Phi) is 3.23. The molecule has 3 rings (SSSR count). The molecule has 1 aliphatic rings. The topological polar surface area (TPSA) is 26.0 Å². The highest BCUT2D eigenvalue weighted by atomic mass is 32.1. The van der Waals surface area contributed by atoms with Crippen LogP contribution in [-0.4, -0.2) is 0 Å². The fraction of sp³-hybridized carbons (Fsp3) is 0.375. The maximum absolute atomic E-state index is 6.41. The molecule has 2 aromatic rings. The van der Waals surface area contributed by atoms with Gasteiger partial charge in [0.1, 0.15) is 0 Å². The zero-order valence-corrected chi connectivity index (χ0v) is 11.5. The van der Waals surface area contributed by atoms with Gasteiger partial charge in [-0.15, -0.1) is 11.3 Å². The van der Waals surface area contributed by atoms with Crippen LogP contribution in [0.2, 0.25) is 0 Å². The van der Waals surface area contributed by atoms with Gasteiger partial charge >= 0.3 is 0 Å². The number of hydrogen-bond acceptors (Lipinski definition) is 2. The van der Waals surface area contributed by atoms with Crippen LogP contribution in [0.3, 0.4) is 0 Å². The van der Waals surface area contributed by atoms with Crippen LogP contribution in [0.5, 0.6) is 0 Å². The first-order valence-electron chi connectivity index (χ1n) is 6.68. The van der Waals surface area contributed by atoms with Gasteiger partial charge in [0.2, 0.25) is 0 Å². The molecule has 18 heavy (non-hydrogen) atoms. The molecule has 0 bridgehead atoms. The summed E-state index contributed by atoms with van der Waals surface area (Å²) in [6, 6.07) is 15.4. The van der Waals surface area contributed by atoms with Crippen LogP contribution in [0.4, 0.5) is 0 Å². The molecule has 94 valence electrons. The average Bonchev–Trinajstić information content (AvgIpc) is 3.08. The molecular weight excluding hydrogens is 238 g/mol. The third-order valence-electron chi connectivity index (χ3n) is 3.89. The van der Waals surface area contributed by atoms with Gasteiger partial charge in [0.15, 0.2) is 0 Å². The van der Waals surface area contributed by atoms with Crippen molar-refractivity contribution in [2.75, 3.05) is 0 Å². The summed E-state index contributed by atoms with van der Waals surface area (Å²) in [6.45, 7) is 2.20. The third kappa shape index (κ3) is 2.23. The van der Waals surface area contributed by atoms with Gasteiger partial charge in [-0.05, 0) is 42.4 Å². The second-order valence-electron chi connectivity index (χ2n) is 5.10. The van der Waals surface area contributed by atoms with Crippen molar-refractivity contribution in [2.24, 2.45) is 11.7 Å². The molecule has 0 amide bonds. The summed E-state index contributed by atoms with van der Waals surface area (Å²) in [5, 5.41) is 0. The van der Waals surface area contributed by atoms with Gasteiger partial charge in [-0.25, -0.2) is 0 Å². The fourth-order valence-corrected chi connectivity index (χ4v) is 3.70. The van der Waals surface area contributed by atoms with Crippen LogP contribution in [0, 0.1) is 5.92 Å². The number of rotatable bonds is 4. The molecule has 3 unspecified atom stereocenters. The molecule has 2 N–H and O–H groups in total. The van der Waals surface area contributed by atoms with Crippen LogP contribution in [0.1, 0.15) is 40.6 Å². The van der Waals surface area contributed by atoms with Crippen molar-refractivity contribution in [3.05, 3.63) is 57.8 Å². The van der Waals surface area contributed by atoms with Crippen molar-refractivity contribution in [1.29, 1.82) is 0 Å². The Labute approximate surface area is 113 Å². The van der Waals surface area contributed by atoms with E-state index in [1.807, 2.05) is 11.3 Å². The van der Waals surface area contributed by atoms with Crippen LogP contribution >= 0.6 is 11.3 Å². The van der Waals surface area contributed by atoms with Crippen molar-refractivity contribution in [3.63, 3.8) is 0 Å². The van der Waals surface area contributed by atoms with Crippen molar-refractivity contribution in [1.82, 2.24) is 0 Å². The van der Waals surface area contributed by atoms with E-state index in [9.17, 15) is 0 Å². The number of thiophene rings is 1. The maximum atomic E-state index is 6.41. The van der Waals surface area contributed by atoms with Gasteiger partial charge in [0.25, 0.3) is 0 Å². The summed E-state index contributed by atoms with van der Waals surface area (Å²) in [4.78, 5) is 2.80. The molecule has 1 fully saturated rings. The summed E-state index contributed by atoms with van der Waals surface area (Å²) in [7, 11) is 0. The zero-order chi connectivity index (χ0) is 12.5. The highest BCUT2D eigenvalue weighted by molar-refractivity contribution is 7.12. The predicted octanol–water partition coefficient (Wildman–Crippen LogP) is 4.11. The highest BCUT2D eigenvalue weighted by Crippen LogP contribution is 2.53. The first-order valence-corrected chi connectivity index (χ1v) is 7.50. The summed E-state index contributed by atoms with van der Waals surface area (Å²) in [5.74, 6) is 1.31. The second kappa shape index (κ2) is 4.87.